The van der Waals surface area contributed by atoms with Crippen LogP contribution in [-0.4, -0.2) is 33.5 Å². The Morgan fingerprint density at radius 2 is 2.00 bits per heavy atom. The van der Waals surface area contributed by atoms with E-state index in [1.165, 1.54) is 6.07 Å². The van der Waals surface area contributed by atoms with Crippen LogP contribution in [0, 0.1) is 11.6 Å². The van der Waals surface area contributed by atoms with Gasteiger partial charge in [0.15, 0.2) is 0 Å². The second kappa shape index (κ2) is 5.55. The largest absolute Gasteiger partial charge is 0.316 e. The van der Waals surface area contributed by atoms with Gasteiger partial charge in [-0.05, 0) is 25.1 Å². The number of hydrogen-bond donors (Lipinski definition) is 1. The van der Waals surface area contributed by atoms with Crippen molar-refractivity contribution in [2.24, 2.45) is 0 Å². The third kappa shape index (κ3) is 4.79. The number of rotatable bonds is 5. The molecule has 96 valence electrons. The molecule has 6 heteroatoms. The van der Waals surface area contributed by atoms with Crippen LogP contribution in [-0.2, 0) is 16.3 Å². The van der Waals surface area contributed by atoms with Crippen molar-refractivity contribution in [1.29, 1.82) is 0 Å². The fourth-order valence-electron chi connectivity index (χ4n) is 1.56. The molecule has 0 amide bonds. The molecule has 0 saturated carbocycles. The van der Waals surface area contributed by atoms with Crippen LogP contribution >= 0.6 is 0 Å². The van der Waals surface area contributed by atoms with Crippen molar-refractivity contribution in [3.05, 3.63) is 35.4 Å². The minimum atomic E-state index is -3.14. The van der Waals surface area contributed by atoms with Crippen molar-refractivity contribution in [2.75, 3.05) is 19.1 Å². The molecular weight excluding hydrogens is 248 g/mol. The second-order valence-electron chi connectivity index (χ2n) is 4.02. The van der Waals surface area contributed by atoms with Crippen molar-refractivity contribution in [3.63, 3.8) is 0 Å². The van der Waals surface area contributed by atoms with Gasteiger partial charge < -0.3 is 5.32 Å². The van der Waals surface area contributed by atoms with Crippen LogP contribution in [0.5, 0.6) is 0 Å². The normalized spacial score (nSPS) is 13.6. The van der Waals surface area contributed by atoms with E-state index in [0.29, 0.717) is 5.56 Å². The lowest BCUT2D eigenvalue weighted by Gasteiger charge is -2.15. The molecule has 0 heterocycles. The predicted octanol–water partition coefficient (Wildman–Crippen LogP) is 1.14. The van der Waals surface area contributed by atoms with E-state index in [0.717, 1.165) is 18.4 Å². The Balaban J connectivity index is 2.81. The van der Waals surface area contributed by atoms with E-state index in [1.54, 1.807) is 7.05 Å². The summed E-state index contributed by atoms with van der Waals surface area (Å²) in [6.07, 6.45) is 1.33. The lowest BCUT2D eigenvalue weighted by molar-refractivity contribution is 0.539. The summed E-state index contributed by atoms with van der Waals surface area (Å²) < 4.78 is 48.3. The monoisotopic (exact) mass is 263 g/mol. The molecule has 1 aromatic carbocycles. The Labute approximate surface area is 99.8 Å². The van der Waals surface area contributed by atoms with Crippen LogP contribution < -0.4 is 5.32 Å². The summed E-state index contributed by atoms with van der Waals surface area (Å²) in [5.74, 6) is -1.38. The van der Waals surface area contributed by atoms with Gasteiger partial charge in [-0.15, -0.1) is 0 Å². The first-order chi connectivity index (χ1) is 7.81. The van der Waals surface area contributed by atoms with E-state index in [-0.39, 0.29) is 18.2 Å². The molecule has 0 aliphatic carbocycles. The average Bonchev–Trinajstić information content (AvgIpc) is 2.19. The Hall–Kier alpha value is -1.01. The molecule has 0 radical (unpaired) electrons. The van der Waals surface area contributed by atoms with E-state index >= 15 is 0 Å². The summed E-state index contributed by atoms with van der Waals surface area (Å²) in [5, 5.41) is 2.81. The fraction of sp³-hybridized carbons (Fsp3) is 0.455. The van der Waals surface area contributed by atoms with Crippen LogP contribution in [0.15, 0.2) is 18.2 Å². The van der Waals surface area contributed by atoms with Crippen LogP contribution in [0.3, 0.4) is 0 Å². The Bertz CT molecular complexity index is 488. The third-order valence-corrected chi connectivity index (χ3v) is 3.40. The molecule has 1 N–H and O–H groups in total. The molecule has 1 atom stereocenters. The van der Waals surface area contributed by atoms with Crippen molar-refractivity contribution < 1.29 is 17.2 Å². The van der Waals surface area contributed by atoms with Gasteiger partial charge in [0, 0.05) is 18.4 Å². The highest BCUT2D eigenvalue weighted by atomic mass is 32.2. The summed E-state index contributed by atoms with van der Waals surface area (Å²) >= 11 is 0. The molecule has 1 unspecified atom stereocenters. The van der Waals surface area contributed by atoms with E-state index in [9.17, 15) is 17.2 Å². The van der Waals surface area contributed by atoms with E-state index in [4.69, 9.17) is 0 Å². The van der Waals surface area contributed by atoms with Gasteiger partial charge in [0.05, 0.1) is 5.75 Å². The van der Waals surface area contributed by atoms with Crippen molar-refractivity contribution >= 4 is 9.84 Å². The molecule has 0 bridgehead atoms. The molecular formula is C11H15F2NO2S. The lowest BCUT2D eigenvalue weighted by atomic mass is 10.1. The zero-order valence-electron chi connectivity index (χ0n) is 9.70. The predicted molar refractivity (Wildman–Crippen MR) is 62.6 cm³/mol. The van der Waals surface area contributed by atoms with Gasteiger partial charge in [-0.3, -0.25) is 0 Å². The first kappa shape index (κ1) is 14.1. The average molecular weight is 263 g/mol. The van der Waals surface area contributed by atoms with Gasteiger partial charge in [-0.2, -0.15) is 0 Å². The standard InChI is InChI=1S/C11H15F2NO2S/c1-14-10(7-17(2,15)16)5-8-3-4-9(12)6-11(8)13/h3-4,6,10,14H,5,7H2,1-2H3. The Kier molecular flexibility index (Phi) is 4.59. The molecule has 17 heavy (non-hydrogen) atoms. The van der Waals surface area contributed by atoms with Crippen molar-refractivity contribution in [1.82, 2.24) is 5.32 Å². The van der Waals surface area contributed by atoms with Crippen LogP contribution in [0.4, 0.5) is 8.78 Å². The highest BCUT2D eigenvalue weighted by molar-refractivity contribution is 7.90. The number of benzene rings is 1. The number of hydrogen-bond acceptors (Lipinski definition) is 3. The van der Waals surface area contributed by atoms with Gasteiger partial charge in [0.1, 0.15) is 21.5 Å². The highest BCUT2D eigenvalue weighted by Gasteiger charge is 2.16. The fourth-order valence-corrected chi connectivity index (χ4v) is 2.58. The summed E-state index contributed by atoms with van der Waals surface area (Å²) in [4.78, 5) is 0. The van der Waals surface area contributed by atoms with Gasteiger partial charge in [0.25, 0.3) is 0 Å². The topological polar surface area (TPSA) is 46.2 Å². The zero-order chi connectivity index (χ0) is 13.1. The third-order valence-electron chi connectivity index (χ3n) is 2.39. The minimum Gasteiger partial charge on any atom is -0.316 e. The molecule has 0 aliphatic heterocycles. The maximum atomic E-state index is 13.4. The van der Waals surface area contributed by atoms with Crippen molar-refractivity contribution in [2.45, 2.75) is 12.5 Å². The van der Waals surface area contributed by atoms with E-state index in [1.807, 2.05) is 0 Å². The number of likely N-dealkylation sites (N-methyl/N-ethyl adjacent to an activating group) is 1. The molecule has 1 aromatic rings. The maximum Gasteiger partial charge on any atom is 0.148 e. The number of halogens is 2. The second-order valence-corrected chi connectivity index (χ2v) is 6.20. The Morgan fingerprint density at radius 1 is 1.35 bits per heavy atom. The van der Waals surface area contributed by atoms with Crippen LogP contribution in [0.25, 0.3) is 0 Å². The molecule has 1 rings (SSSR count). The molecule has 0 saturated heterocycles. The van der Waals surface area contributed by atoms with Gasteiger partial charge in [-0.1, -0.05) is 6.07 Å². The smallest absolute Gasteiger partial charge is 0.148 e. The van der Waals surface area contributed by atoms with Crippen molar-refractivity contribution in [3.8, 4) is 0 Å². The van der Waals surface area contributed by atoms with Gasteiger partial charge >= 0.3 is 0 Å². The van der Waals surface area contributed by atoms with E-state index < -0.39 is 21.5 Å². The molecule has 0 aromatic heterocycles. The molecule has 0 aliphatic rings. The number of nitrogens with one attached hydrogen (secondary N) is 1. The summed E-state index contributed by atoms with van der Waals surface area (Å²) in [5.41, 5.74) is 0.300. The quantitative estimate of drug-likeness (QED) is 0.866. The SMILES string of the molecule is CNC(Cc1ccc(F)cc1F)CS(C)(=O)=O. The maximum absolute atomic E-state index is 13.4. The first-order valence-electron chi connectivity index (χ1n) is 5.10. The van der Waals surface area contributed by atoms with Gasteiger partial charge in [-0.25, -0.2) is 17.2 Å². The number of sulfone groups is 1. The molecule has 3 nitrogen and oxygen atoms in total. The molecule has 0 fully saturated rings. The minimum absolute atomic E-state index is 0.0830. The van der Waals surface area contributed by atoms with Gasteiger partial charge in [0.2, 0.25) is 0 Å². The lowest BCUT2D eigenvalue weighted by Crippen LogP contribution is -2.34. The van der Waals surface area contributed by atoms with E-state index in [2.05, 4.69) is 5.32 Å². The summed E-state index contributed by atoms with van der Waals surface area (Å²) in [6, 6.07) is 2.90. The summed E-state index contributed by atoms with van der Waals surface area (Å²) in [6.45, 7) is 0. The Morgan fingerprint density at radius 3 is 2.47 bits per heavy atom. The molecule has 0 spiro atoms. The first-order valence-corrected chi connectivity index (χ1v) is 7.17. The van der Waals surface area contributed by atoms with Crippen LogP contribution in [0.2, 0.25) is 0 Å². The summed E-state index contributed by atoms with van der Waals surface area (Å²) in [7, 11) is -1.53. The zero-order valence-corrected chi connectivity index (χ0v) is 10.5. The highest BCUT2D eigenvalue weighted by Crippen LogP contribution is 2.12. The van der Waals surface area contributed by atoms with Crippen LogP contribution in [0.1, 0.15) is 5.56 Å².